The second-order valence-electron chi connectivity index (χ2n) is 4.67. The third kappa shape index (κ3) is 6.17. The lowest BCUT2D eigenvalue weighted by atomic mass is 10.2. The van der Waals surface area contributed by atoms with E-state index < -0.39 is 11.7 Å². The van der Waals surface area contributed by atoms with Crippen molar-refractivity contribution in [3.05, 3.63) is 34.9 Å². The Labute approximate surface area is 112 Å². The summed E-state index contributed by atoms with van der Waals surface area (Å²) in [6, 6.07) is 7.23. The summed E-state index contributed by atoms with van der Waals surface area (Å²) in [4.78, 5) is 11.3. The molecule has 0 aliphatic rings. The zero-order valence-corrected chi connectivity index (χ0v) is 11.5. The minimum Gasteiger partial charge on any atom is -0.444 e. The molecule has 18 heavy (non-hydrogen) atoms. The number of amides is 1. The van der Waals surface area contributed by atoms with Crippen molar-refractivity contribution in [2.75, 3.05) is 6.54 Å². The predicted octanol–water partition coefficient (Wildman–Crippen LogP) is 3.22. The number of rotatable bonds is 1. The van der Waals surface area contributed by atoms with Gasteiger partial charge in [-0.05, 0) is 39.0 Å². The number of nitrogens with one attached hydrogen (secondary N) is 1. The maximum Gasteiger partial charge on any atom is 0.408 e. The fraction of sp³-hybridized carbons (Fsp3) is 0.357. The van der Waals surface area contributed by atoms with E-state index in [4.69, 9.17) is 16.3 Å². The molecule has 1 aromatic carbocycles. The highest BCUT2D eigenvalue weighted by Crippen LogP contribution is 2.09. The van der Waals surface area contributed by atoms with Crippen LogP contribution in [-0.2, 0) is 4.74 Å². The van der Waals surface area contributed by atoms with Crippen LogP contribution in [0.1, 0.15) is 26.3 Å². The molecule has 1 N–H and O–H groups in total. The van der Waals surface area contributed by atoms with Crippen molar-refractivity contribution in [1.82, 2.24) is 5.32 Å². The van der Waals surface area contributed by atoms with Crippen molar-refractivity contribution in [3.8, 4) is 11.8 Å². The van der Waals surface area contributed by atoms with Crippen LogP contribution in [0.2, 0.25) is 5.02 Å². The molecule has 0 unspecified atom stereocenters. The van der Waals surface area contributed by atoms with E-state index in [9.17, 15) is 4.79 Å². The molecule has 4 heteroatoms. The molecule has 0 aliphatic heterocycles. The van der Waals surface area contributed by atoms with Gasteiger partial charge in [-0.1, -0.05) is 29.5 Å². The van der Waals surface area contributed by atoms with Crippen LogP contribution < -0.4 is 5.32 Å². The number of alkyl carbamates (subject to hydrolysis) is 1. The number of hydrogen-bond donors (Lipinski definition) is 1. The first-order valence-corrected chi connectivity index (χ1v) is 5.96. The molecule has 0 heterocycles. The summed E-state index contributed by atoms with van der Waals surface area (Å²) < 4.78 is 5.07. The minimum atomic E-state index is -0.496. The number of halogens is 1. The Kier molecular flexibility index (Phi) is 5.06. The maximum absolute atomic E-state index is 11.3. The molecular formula is C14H16ClNO2. The van der Waals surface area contributed by atoms with E-state index in [0.29, 0.717) is 5.02 Å². The van der Waals surface area contributed by atoms with Crippen LogP contribution in [-0.4, -0.2) is 18.2 Å². The molecule has 1 amide bonds. The monoisotopic (exact) mass is 265 g/mol. The Morgan fingerprint density at radius 2 is 2.17 bits per heavy atom. The molecule has 0 atom stereocenters. The van der Waals surface area contributed by atoms with Crippen molar-refractivity contribution >= 4 is 17.7 Å². The van der Waals surface area contributed by atoms with E-state index in [1.54, 1.807) is 12.1 Å². The second kappa shape index (κ2) is 6.32. The number of benzene rings is 1. The Morgan fingerprint density at radius 3 is 2.78 bits per heavy atom. The van der Waals surface area contributed by atoms with Crippen LogP contribution in [0, 0.1) is 11.8 Å². The summed E-state index contributed by atoms with van der Waals surface area (Å²) in [5.41, 5.74) is 0.318. The van der Waals surface area contributed by atoms with Gasteiger partial charge >= 0.3 is 6.09 Å². The second-order valence-corrected chi connectivity index (χ2v) is 5.10. The van der Waals surface area contributed by atoms with Crippen LogP contribution in [0.5, 0.6) is 0 Å². The van der Waals surface area contributed by atoms with E-state index >= 15 is 0 Å². The van der Waals surface area contributed by atoms with Gasteiger partial charge in [-0.2, -0.15) is 0 Å². The third-order valence-electron chi connectivity index (χ3n) is 1.78. The molecule has 0 aromatic heterocycles. The summed E-state index contributed by atoms with van der Waals surface area (Å²) in [6.07, 6.45) is -0.470. The summed E-state index contributed by atoms with van der Waals surface area (Å²) in [5.74, 6) is 5.72. The smallest absolute Gasteiger partial charge is 0.408 e. The first-order valence-electron chi connectivity index (χ1n) is 5.58. The van der Waals surface area contributed by atoms with Crippen molar-refractivity contribution < 1.29 is 9.53 Å². The van der Waals surface area contributed by atoms with Gasteiger partial charge in [0.2, 0.25) is 0 Å². The quantitative estimate of drug-likeness (QED) is 0.792. The highest BCUT2D eigenvalue weighted by Gasteiger charge is 2.14. The number of hydrogen-bond acceptors (Lipinski definition) is 2. The van der Waals surface area contributed by atoms with Gasteiger partial charge in [-0.3, -0.25) is 0 Å². The number of ether oxygens (including phenoxy) is 1. The molecular weight excluding hydrogens is 250 g/mol. The van der Waals surface area contributed by atoms with Crippen molar-refractivity contribution in [2.24, 2.45) is 0 Å². The average molecular weight is 266 g/mol. The van der Waals surface area contributed by atoms with Gasteiger partial charge in [0.05, 0.1) is 6.54 Å². The molecule has 0 fully saturated rings. The van der Waals surface area contributed by atoms with Crippen molar-refractivity contribution in [3.63, 3.8) is 0 Å². The van der Waals surface area contributed by atoms with Gasteiger partial charge in [0.25, 0.3) is 0 Å². The van der Waals surface area contributed by atoms with E-state index in [0.717, 1.165) is 5.56 Å². The fourth-order valence-electron chi connectivity index (χ4n) is 1.14. The van der Waals surface area contributed by atoms with Crippen LogP contribution in [0.3, 0.4) is 0 Å². The van der Waals surface area contributed by atoms with Gasteiger partial charge in [0.15, 0.2) is 0 Å². The molecule has 0 aliphatic carbocycles. The van der Waals surface area contributed by atoms with Gasteiger partial charge in [-0.25, -0.2) is 4.79 Å². The Balaban J connectivity index is 2.41. The summed E-state index contributed by atoms with van der Waals surface area (Å²) in [5, 5.41) is 3.20. The minimum absolute atomic E-state index is 0.238. The van der Waals surface area contributed by atoms with Gasteiger partial charge < -0.3 is 10.1 Å². The Bertz CT molecular complexity index is 481. The zero-order valence-electron chi connectivity index (χ0n) is 10.7. The molecule has 0 saturated carbocycles. The third-order valence-corrected chi connectivity index (χ3v) is 2.01. The lowest BCUT2D eigenvalue weighted by Crippen LogP contribution is -2.32. The average Bonchev–Trinajstić information content (AvgIpc) is 2.22. The standard InChI is InChI=1S/C14H16ClNO2/c1-14(2,3)18-13(17)16-9-5-7-11-6-4-8-12(15)10-11/h4,6,8,10H,9H2,1-3H3,(H,16,17). The molecule has 0 saturated heterocycles. The first-order chi connectivity index (χ1) is 8.37. The molecule has 96 valence electrons. The summed E-state index contributed by atoms with van der Waals surface area (Å²) in [7, 11) is 0. The largest absolute Gasteiger partial charge is 0.444 e. The molecule has 1 rings (SSSR count). The molecule has 0 radical (unpaired) electrons. The van der Waals surface area contributed by atoms with Crippen molar-refractivity contribution in [1.29, 1.82) is 0 Å². The summed E-state index contributed by atoms with van der Waals surface area (Å²) >= 11 is 5.82. The van der Waals surface area contributed by atoms with E-state index in [2.05, 4.69) is 17.2 Å². The summed E-state index contributed by atoms with van der Waals surface area (Å²) in [6.45, 7) is 5.67. The zero-order chi connectivity index (χ0) is 13.6. The maximum atomic E-state index is 11.3. The normalized spacial score (nSPS) is 10.2. The van der Waals surface area contributed by atoms with E-state index in [1.807, 2.05) is 32.9 Å². The van der Waals surface area contributed by atoms with E-state index in [-0.39, 0.29) is 6.54 Å². The highest BCUT2D eigenvalue weighted by molar-refractivity contribution is 6.30. The topological polar surface area (TPSA) is 38.3 Å². The Hall–Kier alpha value is -1.66. The lowest BCUT2D eigenvalue weighted by Gasteiger charge is -2.18. The fourth-order valence-corrected chi connectivity index (χ4v) is 1.33. The first kappa shape index (κ1) is 14.4. The molecule has 1 aromatic rings. The Morgan fingerprint density at radius 1 is 1.44 bits per heavy atom. The van der Waals surface area contributed by atoms with Gasteiger partial charge in [0.1, 0.15) is 5.60 Å². The van der Waals surface area contributed by atoms with Crippen LogP contribution in [0.25, 0.3) is 0 Å². The number of carbonyl (C=O) groups is 1. The lowest BCUT2D eigenvalue weighted by molar-refractivity contribution is 0.0535. The van der Waals surface area contributed by atoms with E-state index in [1.165, 1.54) is 0 Å². The molecule has 3 nitrogen and oxygen atoms in total. The number of carbonyl (C=O) groups excluding carboxylic acids is 1. The van der Waals surface area contributed by atoms with Crippen molar-refractivity contribution in [2.45, 2.75) is 26.4 Å². The van der Waals surface area contributed by atoms with Crippen LogP contribution in [0.15, 0.2) is 24.3 Å². The van der Waals surface area contributed by atoms with Gasteiger partial charge in [-0.15, -0.1) is 0 Å². The van der Waals surface area contributed by atoms with Crippen LogP contribution in [0.4, 0.5) is 4.79 Å². The SMILES string of the molecule is CC(C)(C)OC(=O)NCC#Cc1cccc(Cl)c1. The molecule has 0 bridgehead atoms. The predicted molar refractivity (Wildman–Crippen MR) is 72.6 cm³/mol. The van der Waals surface area contributed by atoms with Crippen LogP contribution >= 0.6 is 11.6 Å². The highest BCUT2D eigenvalue weighted by atomic mass is 35.5. The van der Waals surface area contributed by atoms with Gasteiger partial charge in [0, 0.05) is 10.6 Å². The molecule has 0 spiro atoms.